The molecular formula is C15H14Br2N2O3S. The molecule has 8 heteroatoms. The molecule has 0 spiro atoms. The zero-order valence-electron chi connectivity index (χ0n) is 11.9. The van der Waals surface area contributed by atoms with Crippen LogP contribution in [0.2, 0.25) is 0 Å². The highest BCUT2D eigenvalue weighted by atomic mass is 79.9. The Kier molecular flexibility index (Phi) is 6.61. The van der Waals surface area contributed by atoms with Crippen molar-refractivity contribution in [2.24, 2.45) is 0 Å². The number of carboxylic acid groups (broad SMARTS) is 1. The second-order valence-electron chi connectivity index (χ2n) is 4.78. The van der Waals surface area contributed by atoms with E-state index in [1.165, 1.54) is 11.3 Å². The quantitative estimate of drug-likeness (QED) is 0.610. The van der Waals surface area contributed by atoms with Crippen LogP contribution in [0.15, 0.2) is 44.7 Å². The summed E-state index contributed by atoms with van der Waals surface area (Å²) in [7, 11) is 0. The summed E-state index contributed by atoms with van der Waals surface area (Å²) < 4.78 is 1.65. The molecule has 3 N–H and O–H groups in total. The Hall–Kier alpha value is -1.38. The smallest absolute Gasteiger partial charge is 0.404 e. The number of thiophene rings is 1. The molecule has 1 unspecified atom stereocenters. The Bertz CT molecular complexity index is 672. The fourth-order valence-electron chi connectivity index (χ4n) is 2.00. The monoisotopic (exact) mass is 460 g/mol. The Morgan fingerprint density at radius 2 is 1.91 bits per heavy atom. The second-order valence-corrected chi connectivity index (χ2v) is 8.00. The number of nitrogens with one attached hydrogen (secondary N) is 2. The van der Waals surface area contributed by atoms with E-state index in [1.54, 1.807) is 6.07 Å². The number of rotatable bonds is 6. The van der Waals surface area contributed by atoms with E-state index >= 15 is 0 Å². The van der Waals surface area contributed by atoms with E-state index < -0.39 is 6.09 Å². The lowest BCUT2D eigenvalue weighted by Gasteiger charge is -2.18. The topological polar surface area (TPSA) is 78.4 Å². The summed E-state index contributed by atoms with van der Waals surface area (Å²) in [5.74, 6) is -0.227. The van der Waals surface area contributed by atoms with Gasteiger partial charge in [-0.25, -0.2) is 4.79 Å². The molecule has 2 rings (SSSR count). The van der Waals surface area contributed by atoms with Crippen molar-refractivity contribution in [3.05, 3.63) is 55.1 Å². The minimum absolute atomic E-state index is 0.143. The van der Waals surface area contributed by atoms with Crippen molar-refractivity contribution in [1.82, 2.24) is 10.6 Å². The predicted molar refractivity (Wildman–Crippen MR) is 97.1 cm³/mol. The highest BCUT2D eigenvalue weighted by Crippen LogP contribution is 2.32. The molecule has 1 aromatic carbocycles. The number of halogens is 2. The van der Waals surface area contributed by atoms with Crippen molar-refractivity contribution < 1.29 is 14.7 Å². The minimum atomic E-state index is -1.11. The highest BCUT2D eigenvalue weighted by Gasteiger charge is 2.18. The van der Waals surface area contributed by atoms with Gasteiger partial charge in [0.1, 0.15) is 0 Å². The molecule has 23 heavy (non-hydrogen) atoms. The molecule has 0 radical (unpaired) electrons. The molecule has 1 heterocycles. The fraction of sp³-hybridized carbons (Fsp3) is 0.200. The first kappa shape index (κ1) is 18.0. The Balaban J connectivity index is 2.06. The molecular weight excluding hydrogens is 448 g/mol. The maximum atomic E-state index is 12.3. The van der Waals surface area contributed by atoms with Crippen molar-refractivity contribution in [1.29, 1.82) is 0 Å². The molecule has 0 aliphatic heterocycles. The van der Waals surface area contributed by atoms with Crippen LogP contribution in [0, 0.1) is 0 Å². The van der Waals surface area contributed by atoms with E-state index in [0.29, 0.717) is 11.3 Å². The number of carbonyl (C=O) groups is 2. The third-order valence-corrected chi connectivity index (χ3v) is 6.28. The van der Waals surface area contributed by atoms with Gasteiger partial charge < -0.3 is 15.7 Å². The van der Waals surface area contributed by atoms with Crippen molar-refractivity contribution >= 4 is 55.2 Å². The van der Waals surface area contributed by atoms with Crippen molar-refractivity contribution in [2.75, 3.05) is 6.54 Å². The van der Waals surface area contributed by atoms with Crippen molar-refractivity contribution in [2.45, 2.75) is 12.5 Å². The Labute approximate surface area is 154 Å². The lowest BCUT2D eigenvalue weighted by molar-refractivity contribution is 0.0939. The van der Waals surface area contributed by atoms with Gasteiger partial charge in [-0.2, -0.15) is 0 Å². The van der Waals surface area contributed by atoms with Gasteiger partial charge in [0.15, 0.2) is 0 Å². The fourth-order valence-corrected chi connectivity index (χ4v) is 3.94. The summed E-state index contributed by atoms with van der Waals surface area (Å²) in [6, 6.07) is 11.0. The van der Waals surface area contributed by atoms with Crippen LogP contribution in [0.4, 0.5) is 4.79 Å². The average Bonchev–Trinajstić information content (AvgIpc) is 2.85. The zero-order chi connectivity index (χ0) is 16.8. The lowest BCUT2D eigenvalue weighted by atomic mass is 10.1. The van der Waals surface area contributed by atoms with E-state index in [0.717, 1.165) is 13.8 Å². The molecule has 122 valence electrons. The molecule has 0 bridgehead atoms. The molecule has 0 saturated heterocycles. The van der Waals surface area contributed by atoms with Gasteiger partial charge in [0, 0.05) is 11.0 Å². The summed E-state index contributed by atoms with van der Waals surface area (Å²) in [4.78, 5) is 23.6. The zero-order valence-corrected chi connectivity index (χ0v) is 15.9. The van der Waals surface area contributed by atoms with Crippen LogP contribution in [0.5, 0.6) is 0 Å². The van der Waals surface area contributed by atoms with Crippen LogP contribution >= 0.6 is 43.2 Å². The molecule has 0 aliphatic carbocycles. The first-order valence-electron chi connectivity index (χ1n) is 6.72. The Morgan fingerprint density at radius 1 is 1.22 bits per heavy atom. The van der Waals surface area contributed by atoms with Crippen LogP contribution in [0.25, 0.3) is 0 Å². The summed E-state index contributed by atoms with van der Waals surface area (Å²) in [6.07, 6.45) is -0.570. The molecule has 0 fully saturated rings. The maximum Gasteiger partial charge on any atom is 0.404 e. The summed E-state index contributed by atoms with van der Waals surface area (Å²) >= 11 is 8.02. The van der Waals surface area contributed by atoms with Gasteiger partial charge in [0.25, 0.3) is 5.91 Å². The first-order valence-corrected chi connectivity index (χ1v) is 9.12. The van der Waals surface area contributed by atoms with Crippen LogP contribution in [-0.4, -0.2) is 29.7 Å². The van der Waals surface area contributed by atoms with Crippen molar-refractivity contribution in [3.63, 3.8) is 0 Å². The molecule has 1 aromatic heterocycles. The summed E-state index contributed by atoms with van der Waals surface area (Å²) in [5.41, 5.74) is 1.03. The second kappa shape index (κ2) is 8.47. The third kappa shape index (κ3) is 5.63. The summed E-state index contributed by atoms with van der Waals surface area (Å²) in [5, 5.41) is 14.0. The number of hydrogen-bond acceptors (Lipinski definition) is 3. The average molecular weight is 462 g/mol. The van der Waals surface area contributed by atoms with Gasteiger partial charge in [-0.3, -0.25) is 4.79 Å². The van der Waals surface area contributed by atoms with E-state index in [4.69, 9.17) is 5.11 Å². The van der Waals surface area contributed by atoms with Crippen LogP contribution in [-0.2, 0) is 6.42 Å². The van der Waals surface area contributed by atoms with Crippen LogP contribution in [0.1, 0.15) is 15.2 Å². The summed E-state index contributed by atoms with van der Waals surface area (Å²) in [6.45, 7) is 0.143. The SMILES string of the molecule is O=C(O)NCC(Cc1ccccc1)NC(=O)c1cc(Br)c(Br)s1. The number of benzene rings is 1. The van der Waals surface area contributed by atoms with Crippen molar-refractivity contribution in [3.8, 4) is 0 Å². The Morgan fingerprint density at radius 3 is 2.48 bits per heavy atom. The molecule has 2 amide bonds. The van der Waals surface area contributed by atoms with Gasteiger partial charge in [-0.05, 0) is 49.9 Å². The number of carbonyl (C=O) groups excluding carboxylic acids is 1. The number of hydrogen-bond donors (Lipinski definition) is 3. The van der Waals surface area contributed by atoms with Gasteiger partial charge >= 0.3 is 6.09 Å². The van der Waals surface area contributed by atoms with Crippen LogP contribution < -0.4 is 10.6 Å². The largest absolute Gasteiger partial charge is 0.465 e. The minimum Gasteiger partial charge on any atom is -0.465 e. The first-order chi connectivity index (χ1) is 11.0. The standard InChI is InChI=1S/C15H14Br2N2O3S/c16-11-7-12(23-13(11)17)14(20)19-10(8-18-15(21)22)6-9-4-2-1-3-5-9/h1-5,7,10,18H,6,8H2,(H,19,20)(H,21,22). The third-order valence-electron chi connectivity index (χ3n) is 3.03. The van der Waals surface area contributed by atoms with E-state index in [9.17, 15) is 9.59 Å². The normalized spacial score (nSPS) is 11.7. The highest BCUT2D eigenvalue weighted by molar-refractivity contribution is 9.13. The number of amides is 2. The van der Waals surface area contributed by atoms with Gasteiger partial charge in [-0.15, -0.1) is 11.3 Å². The molecule has 1 atom stereocenters. The van der Waals surface area contributed by atoms with Gasteiger partial charge in [-0.1, -0.05) is 30.3 Å². The van der Waals surface area contributed by atoms with Gasteiger partial charge in [0.05, 0.1) is 14.7 Å². The van der Waals surface area contributed by atoms with Crippen LogP contribution in [0.3, 0.4) is 0 Å². The van der Waals surface area contributed by atoms with Gasteiger partial charge in [0.2, 0.25) is 0 Å². The lowest BCUT2D eigenvalue weighted by Crippen LogP contribution is -2.44. The molecule has 5 nitrogen and oxygen atoms in total. The molecule has 0 saturated carbocycles. The van der Waals surface area contributed by atoms with E-state index in [1.807, 2.05) is 30.3 Å². The predicted octanol–water partition coefficient (Wildman–Crippen LogP) is 3.88. The molecule has 0 aliphatic rings. The van der Waals surface area contributed by atoms with E-state index in [-0.39, 0.29) is 18.5 Å². The van der Waals surface area contributed by atoms with E-state index in [2.05, 4.69) is 42.5 Å². The maximum absolute atomic E-state index is 12.3. The molecule has 2 aromatic rings.